The number of benzene rings is 3. The molecule has 0 aliphatic rings. The Kier molecular flexibility index (Phi) is 6.07. The standard InChI is InChI=1S/C24H23N3O2S/c1-26(2)16-17-27(24-25-21-10-6-7-11-22(21)30-24)23(28)18-12-14-20(15-13-18)29-19-8-4-3-5-9-19/h3-15H,16-17H2,1-2H3/p+1. The summed E-state index contributed by atoms with van der Waals surface area (Å²) in [6.07, 6.45) is 0. The van der Waals surface area contributed by atoms with Crippen molar-refractivity contribution < 1.29 is 14.4 Å². The number of thiazole rings is 1. The highest BCUT2D eigenvalue weighted by atomic mass is 32.1. The Morgan fingerprint density at radius 2 is 1.60 bits per heavy atom. The molecule has 1 amide bonds. The highest BCUT2D eigenvalue weighted by Gasteiger charge is 2.22. The third kappa shape index (κ3) is 4.67. The molecule has 0 aliphatic carbocycles. The number of hydrogen-bond acceptors (Lipinski definition) is 4. The van der Waals surface area contributed by atoms with E-state index in [2.05, 4.69) is 14.1 Å². The molecule has 4 rings (SSSR count). The van der Waals surface area contributed by atoms with Crippen LogP contribution in [0.3, 0.4) is 0 Å². The number of amides is 1. The van der Waals surface area contributed by atoms with E-state index >= 15 is 0 Å². The molecule has 0 spiro atoms. The molecule has 4 aromatic rings. The lowest BCUT2D eigenvalue weighted by Gasteiger charge is -2.21. The normalized spacial score (nSPS) is 11.0. The number of rotatable bonds is 7. The summed E-state index contributed by atoms with van der Waals surface area (Å²) in [4.78, 5) is 21.1. The summed E-state index contributed by atoms with van der Waals surface area (Å²) in [6.45, 7) is 1.43. The quantitative estimate of drug-likeness (QED) is 0.496. The van der Waals surface area contributed by atoms with E-state index < -0.39 is 0 Å². The molecular formula is C24H24N3O2S+. The first kappa shape index (κ1) is 20.1. The molecule has 5 nitrogen and oxygen atoms in total. The number of carbonyl (C=O) groups is 1. The van der Waals surface area contributed by atoms with E-state index in [-0.39, 0.29) is 5.91 Å². The first-order valence-electron chi connectivity index (χ1n) is 9.89. The van der Waals surface area contributed by atoms with Gasteiger partial charge in [-0.05, 0) is 48.5 Å². The minimum Gasteiger partial charge on any atom is -0.457 e. The number of ether oxygens (including phenoxy) is 1. The van der Waals surface area contributed by atoms with E-state index in [0.717, 1.165) is 27.6 Å². The lowest BCUT2D eigenvalue weighted by atomic mass is 10.2. The fourth-order valence-corrected chi connectivity index (χ4v) is 4.03. The zero-order valence-corrected chi connectivity index (χ0v) is 17.9. The smallest absolute Gasteiger partial charge is 0.260 e. The van der Waals surface area contributed by atoms with Crippen LogP contribution in [0.1, 0.15) is 10.4 Å². The van der Waals surface area contributed by atoms with Crippen molar-refractivity contribution >= 4 is 32.6 Å². The van der Waals surface area contributed by atoms with E-state index in [1.807, 2.05) is 78.9 Å². The number of carbonyl (C=O) groups excluding carboxylic acids is 1. The first-order valence-corrected chi connectivity index (χ1v) is 10.7. The van der Waals surface area contributed by atoms with E-state index in [9.17, 15) is 4.79 Å². The molecule has 3 aromatic carbocycles. The van der Waals surface area contributed by atoms with Gasteiger partial charge in [-0.1, -0.05) is 41.7 Å². The Hall–Kier alpha value is -3.22. The average molecular weight is 419 g/mol. The Balaban J connectivity index is 1.57. The number of nitrogens with one attached hydrogen (secondary N) is 1. The Bertz CT molecular complexity index is 1090. The molecule has 6 heteroatoms. The van der Waals surface area contributed by atoms with Crippen molar-refractivity contribution in [3.8, 4) is 11.5 Å². The Morgan fingerprint density at radius 1 is 0.933 bits per heavy atom. The number of nitrogens with zero attached hydrogens (tertiary/aromatic N) is 2. The molecule has 1 heterocycles. The van der Waals surface area contributed by atoms with Crippen LogP contribution in [0.5, 0.6) is 11.5 Å². The molecule has 0 saturated heterocycles. The molecule has 0 saturated carbocycles. The predicted molar refractivity (Wildman–Crippen MR) is 122 cm³/mol. The molecule has 152 valence electrons. The van der Waals surface area contributed by atoms with Crippen molar-refractivity contribution in [2.45, 2.75) is 0 Å². The second kappa shape index (κ2) is 9.07. The van der Waals surface area contributed by atoms with Crippen molar-refractivity contribution in [1.29, 1.82) is 0 Å². The summed E-state index contributed by atoms with van der Waals surface area (Å²) in [5, 5.41) is 0.729. The maximum atomic E-state index is 13.3. The predicted octanol–water partition coefficient (Wildman–Crippen LogP) is 3.88. The minimum absolute atomic E-state index is 0.0541. The van der Waals surface area contributed by atoms with Crippen LogP contribution in [0.4, 0.5) is 5.13 Å². The number of para-hydroxylation sites is 2. The summed E-state index contributed by atoms with van der Waals surface area (Å²) < 4.78 is 6.92. The number of aromatic nitrogens is 1. The third-order valence-electron chi connectivity index (χ3n) is 4.67. The third-order valence-corrected chi connectivity index (χ3v) is 5.73. The van der Waals surface area contributed by atoms with Crippen LogP contribution >= 0.6 is 11.3 Å². The van der Waals surface area contributed by atoms with Crippen LogP contribution in [-0.2, 0) is 0 Å². The van der Waals surface area contributed by atoms with Crippen molar-refractivity contribution in [2.24, 2.45) is 0 Å². The number of quaternary nitrogens is 1. The van der Waals surface area contributed by atoms with Gasteiger partial charge < -0.3 is 9.64 Å². The van der Waals surface area contributed by atoms with Crippen molar-refractivity contribution in [3.05, 3.63) is 84.4 Å². The highest BCUT2D eigenvalue weighted by molar-refractivity contribution is 7.22. The summed E-state index contributed by atoms with van der Waals surface area (Å²) in [5.74, 6) is 1.41. The van der Waals surface area contributed by atoms with E-state index in [1.165, 1.54) is 4.90 Å². The molecule has 0 unspecified atom stereocenters. The monoisotopic (exact) mass is 418 g/mol. The number of fused-ring (bicyclic) bond motifs is 1. The minimum atomic E-state index is -0.0541. The van der Waals surface area contributed by atoms with E-state index in [0.29, 0.717) is 17.9 Å². The molecule has 30 heavy (non-hydrogen) atoms. The van der Waals surface area contributed by atoms with E-state index in [1.54, 1.807) is 16.2 Å². The summed E-state index contributed by atoms with van der Waals surface area (Å²) >= 11 is 1.55. The summed E-state index contributed by atoms with van der Waals surface area (Å²) in [6, 6.07) is 24.8. The second-order valence-corrected chi connectivity index (χ2v) is 8.33. The van der Waals surface area contributed by atoms with Gasteiger partial charge in [-0.2, -0.15) is 0 Å². The van der Waals surface area contributed by atoms with Gasteiger partial charge in [0.15, 0.2) is 5.13 Å². The molecule has 0 bridgehead atoms. The lowest BCUT2D eigenvalue weighted by molar-refractivity contribution is -0.856. The maximum absolute atomic E-state index is 13.3. The Labute approximate surface area is 180 Å². The molecule has 1 N–H and O–H groups in total. The van der Waals surface area contributed by atoms with Crippen molar-refractivity contribution in [1.82, 2.24) is 4.98 Å². The molecule has 0 atom stereocenters. The van der Waals surface area contributed by atoms with Crippen molar-refractivity contribution in [3.63, 3.8) is 0 Å². The Morgan fingerprint density at radius 3 is 2.30 bits per heavy atom. The van der Waals surface area contributed by atoms with Gasteiger partial charge in [0, 0.05) is 5.56 Å². The largest absolute Gasteiger partial charge is 0.457 e. The number of anilines is 1. The average Bonchev–Trinajstić information content (AvgIpc) is 3.18. The highest BCUT2D eigenvalue weighted by Crippen LogP contribution is 2.30. The maximum Gasteiger partial charge on any atom is 0.260 e. The van der Waals surface area contributed by atoms with Gasteiger partial charge >= 0.3 is 0 Å². The van der Waals surface area contributed by atoms with Crippen LogP contribution in [0.15, 0.2) is 78.9 Å². The van der Waals surface area contributed by atoms with Gasteiger partial charge in [0.2, 0.25) is 0 Å². The molecule has 1 aromatic heterocycles. The van der Waals surface area contributed by atoms with Gasteiger partial charge in [0.25, 0.3) is 5.91 Å². The topological polar surface area (TPSA) is 46.9 Å². The van der Waals surface area contributed by atoms with Crippen LogP contribution in [0.2, 0.25) is 0 Å². The van der Waals surface area contributed by atoms with Gasteiger partial charge in [-0.15, -0.1) is 0 Å². The van der Waals surface area contributed by atoms with Gasteiger partial charge in [0.1, 0.15) is 11.5 Å². The van der Waals surface area contributed by atoms with Gasteiger partial charge in [-0.25, -0.2) is 4.98 Å². The number of likely N-dealkylation sites (N-methyl/N-ethyl adjacent to an activating group) is 1. The fraction of sp³-hybridized carbons (Fsp3) is 0.167. The van der Waals surface area contributed by atoms with Gasteiger partial charge in [0.05, 0.1) is 37.4 Å². The second-order valence-electron chi connectivity index (χ2n) is 7.32. The molecular weight excluding hydrogens is 394 g/mol. The van der Waals surface area contributed by atoms with Crippen LogP contribution in [0, 0.1) is 0 Å². The fourth-order valence-electron chi connectivity index (χ4n) is 3.04. The van der Waals surface area contributed by atoms with Gasteiger partial charge in [-0.3, -0.25) is 9.69 Å². The lowest BCUT2D eigenvalue weighted by Crippen LogP contribution is -3.06. The van der Waals surface area contributed by atoms with Crippen molar-refractivity contribution in [2.75, 3.05) is 32.1 Å². The first-order chi connectivity index (χ1) is 14.6. The zero-order chi connectivity index (χ0) is 20.9. The zero-order valence-electron chi connectivity index (χ0n) is 17.0. The van der Waals surface area contributed by atoms with Crippen LogP contribution < -0.4 is 14.5 Å². The SMILES string of the molecule is C[NH+](C)CCN(C(=O)c1ccc(Oc2ccccc2)cc1)c1nc2ccccc2s1. The number of hydrogen-bond donors (Lipinski definition) is 1. The molecule has 0 fully saturated rings. The van der Waals surface area contributed by atoms with E-state index in [4.69, 9.17) is 9.72 Å². The molecule has 0 radical (unpaired) electrons. The summed E-state index contributed by atoms with van der Waals surface area (Å²) in [5.41, 5.74) is 1.53. The van der Waals surface area contributed by atoms with Crippen LogP contribution in [0.25, 0.3) is 10.2 Å². The van der Waals surface area contributed by atoms with Crippen LogP contribution in [-0.4, -0.2) is 38.1 Å². The summed E-state index contributed by atoms with van der Waals surface area (Å²) in [7, 11) is 4.16. The molecule has 0 aliphatic heterocycles.